The lowest BCUT2D eigenvalue weighted by Crippen LogP contribution is -2.39. The molecule has 3 rings (SSSR count). The van der Waals surface area contributed by atoms with Gasteiger partial charge in [0.1, 0.15) is 0 Å². The van der Waals surface area contributed by atoms with Crippen LogP contribution in [-0.2, 0) is 11.2 Å². The molecule has 0 fully saturated rings. The fourth-order valence-electron chi connectivity index (χ4n) is 3.13. The Morgan fingerprint density at radius 2 is 1.89 bits per heavy atom. The summed E-state index contributed by atoms with van der Waals surface area (Å²) in [5.41, 5.74) is 9.17. The number of nitrogens with two attached hydrogens (primary N) is 1. The maximum atomic E-state index is 12.2. The smallest absolute Gasteiger partial charge is 0.251 e. The molecule has 27 heavy (non-hydrogen) atoms. The highest BCUT2D eigenvalue weighted by molar-refractivity contribution is 6.42. The van der Waals surface area contributed by atoms with Crippen molar-refractivity contribution in [1.29, 1.82) is 0 Å². The van der Waals surface area contributed by atoms with Gasteiger partial charge in [0.05, 0.1) is 22.6 Å². The average molecular weight is 429 g/mol. The van der Waals surface area contributed by atoms with Gasteiger partial charge < -0.3 is 16.4 Å². The van der Waals surface area contributed by atoms with Crippen LogP contribution in [0.4, 0.5) is 5.69 Å². The number of nitrogen functional groups attached to an aromatic ring is 1. The molecule has 2 aromatic carbocycles. The van der Waals surface area contributed by atoms with Gasteiger partial charge in [0.2, 0.25) is 5.91 Å². The Bertz CT molecular complexity index is 858. The molecule has 0 heterocycles. The SMILES string of the molecule is Cl.Nc1ccc2c(c1)CCCC2NC(=O)CNC(=O)c1ccc(Cl)c(Cl)c1. The predicted molar refractivity (Wildman–Crippen MR) is 111 cm³/mol. The molecule has 2 aromatic rings. The Hall–Kier alpha value is -1.95. The van der Waals surface area contributed by atoms with Gasteiger partial charge in [-0.1, -0.05) is 29.3 Å². The maximum Gasteiger partial charge on any atom is 0.251 e. The van der Waals surface area contributed by atoms with Gasteiger partial charge in [-0.2, -0.15) is 0 Å². The van der Waals surface area contributed by atoms with Crippen molar-refractivity contribution in [1.82, 2.24) is 10.6 Å². The van der Waals surface area contributed by atoms with Crippen LogP contribution in [0.1, 0.15) is 40.4 Å². The normalized spacial score (nSPS) is 15.3. The number of hydrogen-bond donors (Lipinski definition) is 3. The number of carbonyl (C=O) groups is 2. The van der Waals surface area contributed by atoms with Gasteiger partial charge in [0, 0.05) is 11.3 Å². The van der Waals surface area contributed by atoms with E-state index in [2.05, 4.69) is 10.6 Å². The Kier molecular flexibility index (Phi) is 7.36. The van der Waals surface area contributed by atoms with Gasteiger partial charge in [-0.05, 0) is 60.7 Å². The van der Waals surface area contributed by atoms with Crippen LogP contribution < -0.4 is 16.4 Å². The van der Waals surface area contributed by atoms with E-state index in [-0.39, 0.29) is 36.8 Å². The van der Waals surface area contributed by atoms with E-state index < -0.39 is 0 Å². The molecular weight excluding hydrogens is 409 g/mol. The van der Waals surface area contributed by atoms with Crippen LogP contribution in [0.15, 0.2) is 36.4 Å². The molecule has 1 aliphatic carbocycles. The molecule has 1 unspecified atom stereocenters. The number of fused-ring (bicyclic) bond motifs is 1. The van der Waals surface area contributed by atoms with E-state index in [1.807, 2.05) is 18.2 Å². The third-order valence-corrected chi connectivity index (χ3v) is 5.15. The highest BCUT2D eigenvalue weighted by atomic mass is 35.5. The molecule has 2 amide bonds. The first-order valence-corrected chi connectivity index (χ1v) is 9.10. The van der Waals surface area contributed by atoms with Crippen molar-refractivity contribution in [2.75, 3.05) is 12.3 Å². The Morgan fingerprint density at radius 3 is 2.63 bits per heavy atom. The van der Waals surface area contributed by atoms with Gasteiger partial charge in [-0.3, -0.25) is 9.59 Å². The lowest BCUT2D eigenvalue weighted by atomic mass is 9.87. The molecule has 0 saturated heterocycles. The zero-order valence-electron chi connectivity index (χ0n) is 14.4. The van der Waals surface area contributed by atoms with Crippen LogP contribution in [0.25, 0.3) is 0 Å². The molecule has 0 spiro atoms. The summed E-state index contributed by atoms with van der Waals surface area (Å²) in [7, 11) is 0. The van der Waals surface area contributed by atoms with Crippen molar-refractivity contribution in [2.24, 2.45) is 0 Å². The lowest BCUT2D eigenvalue weighted by Gasteiger charge is -2.26. The van der Waals surface area contributed by atoms with E-state index in [1.54, 1.807) is 12.1 Å². The van der Waals surface area contributed by atoms with Crippen LogP contribution in [-0.4, -0.2) is 18.4 Å². The fraction of sp³-hybridized carbons (Fsp3) is 0.263. The molecule has 8 heteroatoms. The number of nitrogens with one attached hydrogen (secondary N) is 2. The Morgan fingerprint density at radius 1 is 1.11 bits per heavy atom. The Labute approximate surface area is 174 Å². The van der Waals surface area contributed by atoms with Crippen molar-refractivity contribution >= 4 is 53.1 Å². The van der Waals surface area contributed by atoms with Crippen LogP contribution in [0.3, 0.4) is 0 Å². The number of rotatable bonds is 4. The molecular formula is C19H20Cl3N3O2. The van der Waals surface area contributed by atoms with Gasteiger partial charge in [-0.25, -0.2) is 0 Å². The first-order valence-electron chi connectivity index (χ1n) is 8.35. The van der Waals surface area contributed by atoms with E-state index in [0.29, 0.717) is 15.6 Å². The van der Waals surface area contributed by atoms with Crippen molar-refractivity contribution in [3.8, 4) is 0 Å². The molecule has 0 bridgehead atoms. The second-order valence-electron chi connectivity index (χ2n) is 6.28. The fourth-order valence-corrected chi connectivity index (χ4v) is 3.43. The molecule has 4 N–H and O–H groups in total. The highest BCUT2D eigenvalue weighted by Gasteiger charge is 2.22. The van der Waals surface area contributed by atoms with E-state index >= 15 is 0 Å². The van der Waals surface area contributed by atoms with Gasteiger partial charge >= 0.3 is 0 Å². The lowest BCUT2D eigenvalue weighted by molar-refractivity contribution is -0.121. The highest BCUT2D eigenvalue weighted by Crippen LogP contribution is 2.30. The largest absolute Gasteiger partial charge is 0.399 e. The molecule has 0 aliphatic heterocycles. The number of amides is 2. The van der Waals surface area contributed by atoms with E-state index in [4.69, 9.17) is 28.9 Å². The van der Waals surface area contributed by atoms with Crippen molar-refractivity contribution in [2.45, 2.75) is 25.3 Å². The molecule has 0 saturated carbocycles. The monoisotopic (exact) mass is 427 g/mol. The minimum Gasteiger partial charge on any atom is -0.399 e. The summed E-state index contributed by atoms with van der Waals surface area (Å²) in [6.07, 6.45) is 2.81. The van der Waals surface area contributed by atoms with Gasteiger partial charge in [0.15, 0.2) is 0 Å². The summed E-state index contributed by atoms with van der Waals surface area (Å²) >= 11 is 11.7. The summed E-state index contributed by atoms with van der Waals surface area (Å²) in [6, 6.07) is 10.3. The number of anilines is 1. The van der Waals surface area contributed by atoms with E-state index in [9.17, 15) is 9.59 Å². The van der Waals surface area contributed by atoms with E-state index in [0.717, 1.165) is 30.5 Å². The maximum absolute atomic E-state index is 12.2. The minimum atomic E-state index is -0.379. The van der Waals surface area contributed by atoms with Crippen LogP contribution in [0.2, 0.25) is 10.0 Å². The quantitative estimate of drug-likeness (QED) is 0.645. The van der Waals surface area contributed by atoms with Crippen LogP contribution in [0, 0.1) is 0 Å². The topological polar surface area (TPSA) is 84.2 Å². The first-order chi connectivity index (χ1) is 12.4. The second-order valence-corrected chi connectivity index (χ2v) is 7.10. The van der Waals surface area contributed by atoms with Crippen molar-refractivity contribution < 1.29 is 9.59 Å². The number of hydrogen-bond acceptors (Lipinski definition) is 3. The average Bonchev–Trinajstić information content (AvgIpc) is 2.62. The molecule has 1 aliphatic rings. The molecule has 0 aromatic heterocycles. The minimum absolute atomic E-state index is 0. The molecule has 1 atom stereocenters. The van der Waals surface area contributed by atoms with Crippen molar-refractivity contribution in [3.05, 3.63) is 63.1 Å². The van der Waals surface area contributed by atoms with Crippen LogP contribution >= 0.6 is 35.6 Å². The summed E-state index contributed by atoms with van der Waals surface area (Å²) in [5.74, 6) is -0.622. The third kappa shape index (κ3) is 5.28. The first kappa shape index (κ1) is 21.4. The summed E-state index contributed by atoms with van der Waals surface area (Å²) < 4.78 is 0. The third-order valence-electron chi connectivity index (χ3n) is 4.41. The zero-order chi connectivity index (χ0) is 18.7. The zero-order valence-corrected chi connectivity index (χ0v) is 16.8. The molecule has 5 nitrogen and oxygen atoms in total. The Balaban J connectivity index is 0.00000261. The summed E-state index contributed by atoms with van der Waals surface area (Å²) in [6.45, 7) is -0.111. The van der Waals surface area contributed by atoms with E-state index in [1.165, 1.54) is 11.6 Å². The van der Waals surface area contributed by atoms with Gasteiger partial charge in [-0.15, -0.1) is 12.4 Å². The number of halogens is 3. The van der Waals surface area contributed by atoms with Crippen molar-refractivity contribution in [3.63, 3.8) is 0 Å². The summed E-state index contributed by atoms with van der Waals surface area (Å²) in [5, 5.41) is 6.24. The predicted octanol–water partition coefficient (Wildman–Crippen LogP) is 3.92. The molecule has 144 valence electrons. The summed E-state index contributed by atoms with van der Waals surface area (Å²) in [4.78, 5) is 24.4. The number of benzene rings is 2. The second kappa shape index (κ2) is 9.31. The molecule has 0 radical (unpaired) electrons. The van der Waals surface area contributed by atoms with Gasteiger partial charge in [0.25, 0.3) is 5.91 Å². The standard InChI is InChI=1S/C19H19Cl2N3O2.ClH/c20-15-7-4-12(9-16(15)21)19(26)23-10-18(25)24-17-3-1-2-11-8-13(22)5-6-14(11)17;/h4-9,17H,1-3,10,22H2,(H,23,26)(H,24,25);1H. The number of carbonyl (C=O) groups excluding carboxylic acids is 2. The number of aryl methyl sites for hydroxylation is 1. The van der Waals surface area contributed by atoms with Crippen LogP contribution in [0.5, 0.6) is 0 Å².